The van der Waals surface area contributed by atoms with E-state index in [9.17, 15) is 18.0 Å². The van der Waals surface area contributed by atoms with Gasteiger partial charge >= 0.3 is 6.18 Å². The number of hydrogen-bond acceptors (Lipinski definition) is 5. The molecular weight excluding hydrogens is 433 g/mol. The Morgan fingerprint density at radius 2 is 1.52 bits per heavy atom. The van der Waals surface area contributed by atoms with Crippen molar-refractivity contribution in [2.45, 2.75) is 6.18 Å². The summed E-state index contributed by atoms with van der Waals surface area (Å²) in [6, 6.07) is 23.5. The molecule has 0 radical (unpaired) electrons. The number of aromatic nitrogens is 2. The van der Waals surface area contributed by atoms with Crippen LogP contribution in [-0.2, 0) is 4.79 Å². The summed E-state index contributed by atoms with van der Waals surface area (Å²) in [5.41, 5.74) is 1.20. The van der Waals surface area contributed by atoms with Gasteiger partial charge in [-0.05, 0) is 48.5 Å². The summed E-state index contributed by atoms with van der Waals surface area (Å²) in [7, 11) is 0. The normalized spacial score (nSPS) is 11.5. The molecule has 0 bridgehead atoms. The van der Waals surface area contributed by atoms with E-state index in [-0.39, 0.29) is 12.0 Å². The van der Waals surface area contributed by atoms with E-state index in [4.69, 9.17) is 4.74 Å². The molecule has 0 unspecified atom stereocenters. The van der Waals surface area contributed by atoms with Crippen molar-refractivity contribution in [2.24, 2.45) is 0 Å². The van der Waals surface area contributed by atoms with Crippen molar-refractivity contribution >= 4 is 34.3 Å². The van der Waals surface area contributed by atoms with Crippen LogP contribution in [0.4, 0.5) is 30.6 Å². The van der Waals surface area contributed by atoms with Crippen LogP contribution >= 0.6 is 0 Å². The number of rotatable bonds is 6. The third-order valence-corrected chi connectivity index (χ3v) is 4.36. The Morgan fingerprint density at radius 1 is 0.848 bits per heavy atom. The molecule has 1 heterocycles. The van der Waals surface area contributed by atoms with Crippen molar-refractivity contribution in [1.29, 1.82) is 0 Å². The van der Waals surface area contributed by atoms with Gasteiger partial charge in [0.25, 0.3) is 5.91 Å². The fraction of sp³-hybridized carbons (Fsp3) is 0.0417. The lowest BCUT2D eigenvalue weighted by Gasteiger charge is -2.12. The Labute approximate surface area is 186 Å². The number of nitrogens with zero attached hydrogens (tertiary/aromatic N) is 2. The standard InChI is InChI=1S/C24H17F3N4O2/c25-24(26,27)15-14-21(32)30-23-29-20-9-5-4-8-19(20)22(31-23)28-16-10-12-18(13-11-16)33-17-6-2-1-3-7-17/h1-15H,(H2,28,29,30,31,32). The highest BCUT2D eigenvalue weighted by Gasteiger charge is 2.22. The van der Waals surface area contributed by atoms with Gasteiger partial charge in [-0.15, -0.1) is 0 Å². The number of anilines is 3. The Morgan fingerprint density at radius 3 is 2.24 bits per heavy atom. The van der Waals surface area contributed by atoms with Crippen LogP contribution in [0.2, 0.25) is 0 Å². The fourth-order valence-corrected chi connectivity index (χ4v) is 2.92. The lowest BCUT2D eigenvalue weighted by atomic mass is 10.2. The van der Waals surface area contributed by atoms with Gasteiger partial charge in [0.1, 0.15) is 17.3 Å². The summed E-state index contributed by atoms with van der Waals surface area (Å²) in [5.74, 6) is 0.615. The van der Waals surface area contributed by atoms with Gasteiger partial charge in [-0.25, -0.2) is 4.98 Å². The van der Waals surface area contributed by atoms with E-state index in [1.807, 2.05) is 30.3 Å². The highest BCUT2D eigenvalue weighted by atomic mass is 19.4. The van der Waals surface area contributed by atoms with Gasteiger partial charge in [0.15, 0.2) is 0 Å². The third-order valence-electron chi connectivity index (χ3n) is 4.36. The number of benzene rings is 3. The summed E-state index contributed by atoms with van der Waals surface area (Å²) in [6.07, 6.45) is -4.36. The Kier molecular flexibility index (Phi) is 6.21. The fourth-order valence-electron chi connectivity index (χ4n) is 2.92. The molecule has 4 rings (SSSR count). The molecule has 0 spiro atoms. The molecule has 0 aliphatic heterocycles. The Balaban J connectivity index is 1.55. The topological polar surface area (TPSA) is 76.1 Å². The number of allylic oxidation sites excluding steroid dienone is 1. The van der Waals surface area contributed by atoms with E-state index in [2.05, 4.69) is 20.6 Å². The number of carbonyl (C=O) groups is 1. The van der Waals surface area contributed by atoms with Crippen LogP contribution in [-0.4, -0.2) is 22.1 Å². The molecule has 0 saturated heterocycles. The predicted octanol–water partition coefficient (Wildman–Crippen LogP) is 6.22. The Bertz CT molecular complexity index is 1290. The minimum absolute atomic E-state index is 0.128. The van der Waals surface area contributed by atoms with Crippen LogP contribution in [0.25, 0.3) is 10.9 Å². The zero-order valence-corrected chi connectivity index (χ0v) is 17.0. The predicted molar refractivity (Wildman–Crippen MR) is 120 cm³/mol. The summed E-state index contributed by atoms with van der Waals surface area (Å²) in [5, 5.41) is 6.09. The number of ether oxygens (including phenoxy) is 1. The second-order valence-corrected chi connectivity index (χ2v) is 6.84. The SMILES string of the molecule is O=C(C=CC(F)(F)F)Nc1nc(Nc2ccc(Oc3ccccc3)cc2)c2ccccc2n1. The molecule has 0 aliphatic carbocycles. The molecule has 6 nitrogen and oxygen atoms in total. The number of nitrogens with one attached hydrogen (secondary N) is 2. The lowest BCUT2D eigenvalue weighted by Crippen LogP contribution is -2.13. The van der Waals surface area contributed by atoms with Gasteiger partial charge in [-0.2, -0.15) is 18.2 Å². The molecular formula is C24H17F3N4O2. The van der Waals surface area contributed by atoms with E-state index < -0.39 is 12.1 Å². The van der Waals surface area contributed by atoms with Crippen molar-refractivity contribution < 1.29 is 22.7 Å². The van der Waals surface area contributed by atoms with Gasteiger partial charge < -0.3 is 10.1 Å². The monoisotopic (exact) mass is 450 g/mol. The molecule has 0 saturated carbocycles. The first-order valence-corrected chi connectivity index (χ1v) is 9.79. The number of fused-ring (bicyclic) bond motifs is 1. The highest BCUT2D eigenvalue weighted by molar-refractivity contribution is 5.99. The van der Waals surface area contributed by atoms with Gasteiger partial charge in [0.2, 0.25) is 5.95 Å². The van der Waals surface area contributed by atoms with Crippen LogP contribution in [0, 0.1) is 0 Å². The van der Waals surface area contributed by atoms with Gasteiger partial charge in [0, 0.05) is 23.2 Å². The largest absolute Gasteiger partial charge is 0.457 e. The average Bonchev–Trinajstić information content (AvgIpc) is 2.79. The van der Waals surface area contributed by atoms with Crippen LogP contribution in [0.15, 0.2) is 91.0 Å². The van der Waals surface area contributed by atoms with E-state index in [1.54, 1.807) is 48.5 Å². The molecule has 33 heavy (non-hydrogen) atoms. The van der Waals surface area contributed by atoms with E-state index >= 15 is 0 Å². The number of hydrogen-bond donors (Lipinski definition) is 2. The maximum atomic E-state index is 12.3. The zero-order chi connectivity index (χ0) is 23.3. The summed E-state index contributed by atoms with van der Waals surface area (Å²) < 4.78 is 42.7. The van der Waals surface area contributed by atoms with Crippen molar-refractivity contribution in [3.8, 4) is 11.5 Å². The van der Waals surface area contributed by atoms with Crippen molar-refractivity contribution in [3.63, 3.8) is 0 Å². The second kappa shape index (κ2) is 9.39. The Hall–Kier alpha value is -4.40. The number of halogens is 3. The molecule has 3 aromatic carbocycles. The first kappa shape index (κ1) is 21.8. The van der Waals surface area contributed by atoms with Crippen molar-refractivity contribution in [2.75, 3.05) is 10.6 Å². The zero-order valence-electron chi connectivity index (χ0n) is 17.0. The molecule has 0 atom stereocenters. The van der Waals surface area contributed by atoms with Crippen molar-refractivity contribution in [1.82, 2.24) is 9.97 Å². The van der Waals surface area contributed by atoms with E-state index in [0.29, 0.717) is 40.0 Å². The number of para-hydroxylation sites is 2. The van der Waals surface area contributed by atoms with Crippen LogP contribution in [0.3, 0.4) is 0 Å². The lowest BCUT2D eigenvalue weighted by molar-refractivity contribution is -0.112. The first-order valence-electron chi connectivity index (χ1n) is 9.79. The van der Waals surface area contributed by atoms with Crippen LogP contribution in [0.5, 0.6) is 11.5 Å². The molecule has 166 valence electrons. The van der Waals surface area contributed by atoms with Crippen LogP contribution < -0.4 is 15.4 Å². The maximum Gasteiger partial charge on any atom is 0.409 e. The van der Waals surface area contributed by atoms with E-state index in [1.165, 1.54) is 0 Å². The van der Waals surface area contributed by atoms with Gasteiger partial charge in [-0.1, -0.05) is 30.3 Å². The number of amides is 1. The average molecular weight is 450 g/mol. The molecule has 0 aliphatic rings. The van der Waals surface area contributed by atoms with Gasteiger partial charge in [0.05, 0.1) is 5.52 Å². The van der Waals surface area contributed by atoms with Gasteiger partial charge in [-0.3, -0.25) is 10.1 Å². The summed E-state index contributed by atoms with van der Waals surface area (Å²) in [6.45, 7) is 0. The molecule has 0 fully saturated rings. The highest BCUT2D eigenvalue weighted by Crippen LogP contribution is 2.27. The van der Waals surface area contributed by atoms with Crippen molar-refractivity contribution in [3.05, 3.63) is 91.0 Å². The second-order valence-electron chi connectivity index (χ2n) is 6.84. The minimum Gasteiger partial charge on any atom is -0.457 e. The smallest absolute Gasteiger partial charge is 0.409 e. The maximum absolute atomic E-state index is 12.3. The quantitative estimate of drug-likeness (QED) is 0.341. The molecule has 1 amide bonds. The summed E-state index contributed by atoms with van der Waals surface area (Å²) >= 11 is 0. The molecule has 1 aromatic heterocycles. The van der Waals surface area contributed by atoms with Crippen LogP contribution in [0.1, 0.15) is 0 Å². The molecule has 4 aromatic rings. The van der Waals surface area contributed by atoms with E-state index in [0.717, 1.165) is 0 Å². The molecule has 9 heteroatoms. The third kappa shape index (κ3) is 6.07. The summed E-state index contributed by atoms with van der Waals surface area (Å²) in [4.78, 5) is 20.3. The number of carbonyl (C=O) groups excluding carboxylic acids is 1. The number of alkyl halides is 3. The first-order chi connectivity index (χ1) is 15.9. The minimum atomic E-state index is -4.59. The molecule has 2 N–H and O–H groups in total.